The van der Waals surface area contributed by atoms with Gasteiger partial charge in [0.1, 0.15) is 4.90 Å². The van der Waals surface area contributed by atoms with Crippen molar-refractivity contribution in [2.24, 2.45) is 0 Å². The second-order valence-electron chi connectivity index (χ2n) is 4.22. The first kappa shape index (κ1) is 15.7. The number of non-ortho nitro benzene ring substituents is 1. The van der Waals surface area contributed by atoms with Gasteiger partial charge in [-0.2, -0.15) is 9.57 Å². The lowest BCUT2D eigenvalue weighted by molar-refractivity contribution is -0.385. The smallest absolute Gasteiger partial charge is 0.270 e. The molecule has 1 atom stereocenters. The molecule has 0 N–H and O–H groups in total. The van der Waals surface area contributed by atoms with Crippen LogP contribution in [0.2, 0.25) is 5.02 Å². The van der Waals surface area contributed by atoms with E-state index >= 15 is 0 Å². The summed E-state index contributed by atoms with van der Waals surface area (Å²) >= 11 is 5.85. The summed E-state index contributed by atoms with van der Waals surface area (Å²) in [4.78, 5) is 9.71. The first-order valence-electron chi connectivity index (χ1n) is 5.81. The Bertz CT molecular complexity index is 715. The van der Waals surface area contributed by atoms with Crippen molar-refractivity contribution in [3.8, 4) is 6.07 Å². The zero-order valence-corrected chi connectivity index (χ0v) is 12.2. The lowest BCUT2D eigenvalue weighted by Crippen LogP contribution is -2.45. The molecule has 1 unspecified atom stereocenters. The first-order valence-corrected chi connectivity index (χ1v) is 7.63. The maximum atomic E-state index is 12.5. The van der Waals surface area contributed by atoms with E-state index in [-0.39, 0.29) is 35.3 Å². The molecule has 1 aromatic carbocycles. The molecule has 1 heterocycles. The van der Waals surface area contributed by atoms with Gasteiger partial charge in [-0.1, -0.05) is 11.6 Å². The summed E-state index contributed by atoms with van der Waals surface area (Å²) in [6.07, 6.45) is -0.869. The van der Waals surface area contributed by atoms with Crippen LogP contribution in [0.1, 0.15) is 0 Å². The fourth-order valence-corrected chi connectivity index (χ4v) is 3.78. The third kappa shape index (κ3) is 3.14. The van der Waals surface area contributed by atoms with E-state index in [0.29, 0.717) is 0 Å². The normalized spacial score (nSPS) is 19.9. The lowest BCUT2D eigenvalue weighted by Gasteiger charge is -2.29. The summed E-state index contributed by atoms with van der Waals surface area (Å²) in [5.41, 5.74) is -0.372. The van der Waals surface area contributed by atoms with E-state index in [9.17, 15) is 18.5 Å². The van der Waals surface area contributed by atoms with Crippen LogP contribution in [0.25, 0.3) is 0 Å². The lowest BCUT2D eigenvalue weighted by atomic mass is 10.3. The number of nitro benzene ring substituents is 1. The van der Waals surface area contributed by atoms with Crippen LogP contribution in [0.15, 0.2) is 23.1 Å². The van der Waals surface area contributed by atoms with Gasteiger partial charge >= 0.3 is 0 Å². The molecule has 112 valence electrons. The molecule has 0 amide bonds. The molecule has 0 spiro atoms. The van der Waals surface area contributed by atoms with Crippen molar-refractivity contribution in [2.75, 3.05) is 19.7 Å². The minimum absolute atomic E-state index is 0.0551. The number of ether oxygens (including phenoxy) is 1. The fraction of sp³-hybridized carbons (Fsp3) is 0.364. The zero-order valence-electron chi connectivity index (χ0n) is 10.6. The molecule has 0 aromatic heterocycles. The Morgan fingerprint density at radius 2 is 2.24 bits per heavy atom. The van der Waals surface area contributed by atoms with Crippen molar-refractivity contribution < 1.29 is 18.1 Å². The molecule has 0 radical (unpaired) electrons. The molecule has 0 aliphatic carbocycles. The van der Waals surface area contributed by atoms with Crippen LogP contribution in [0.5, 0.6) is 0 Å². The van der Waals surface area contributed by atoms with E-state index < -0.39 is 21.1 Å². The van der Waals surface area contributed by atoms with Crippen molar-refractivity contribution in [3.63, 3.8) is 0 Å². The number of nitro groups is 1. The first-order chi connectivity index (χ1) is 9.86. The van der Waals surface area contributed by atoms with Crippen molar-refractivity contribution in [1.82, 2.24) is 4.31 Å². The summed E-state index contributed by atoms with van der Waals surface area (Å²) < 4.78 is 31.1. The predicted molar refractivity (Wildman–Crippen MR) is 72.2 cm³/mol. The van der Waals surface area contributed by atoms with Crippen LogP contribution in [-0.2, 0) is 14.8 Å². The van der Waals surface area contributed by atoms with Crippen LogP contribution in [0.3, 0.4) is 0 Å². The largest absolute Gasteiger partial charge is 0.361 e. The van der Waals surface area contributed by atoms with Gasteiger partial charge in [0.05, 0.1) is 29.2 Å². The van der Waals surface area contributed by atoms with E-state index in [2.05, 4.69) is 0 Å². The summed E-state index contributed by atoms with van der Waals surface area (Å²) in [7, 11) is -4.03. The van der Waals surface area contributed by atoms with E-state index in [1.165, 1.54) is 0 Å². The molecule has 2 rings (SSSR count). The second kappa shape index (κ2) is 5.95. The van der Waals surface area contributed by atoms with Crippen molar-refractivity contribution in [2.45, 2.75) is 11.0 Å². The Morgan fingerprint density at radius 3 is 2.86 bits per heavy atom. The summed E-state index contributed by atoms with van der Waals surface area (Å²) in [6, 6.07) is 5.03. The van der Waals surface area contributed by atoms with E-state index in [4.69, 9.17) is 21.6 Å². The number of sulfonamides is 1. The Hall–Kier alpha value is -1.73. The van der Waals surface area contributed by atoms with Crippen LogP contribution < -0.4 is 0 Å². The number of hydrogen-bond donors (Lipinski definition) is 0. The average Bonchev–Trinajstić information content (AvgIpc) is 2.47. The maximum Gasteiger partial charge on any atom is 0.270 e. The van der Waals surface area contributed by atoms with Crippen molar-refractivity contribution in [1.29, 1.82) is 5.26 Å². The Kier molecular flexibility index (Phi) is 4.43. The molecule has 1 fully saturated rings. The topological polar surface area (TPSA) is 114 Å². The molecule has 0 bridgehead atoms. The van der Waals surface area contributed by atoms with Gasteiger partial charge < -0.3 is 4.74 Å². The minimum Gasteiger partial charge on any atom is -0.361 e. The minimum atomic E-state index is -4.03. The van der Waals surface area contributed by atoms with E-state index in [1.807, 2.05) is 6.07 Å². The van der Waals surface area contributed by atoms with Crippen LogP contribution in [0, 0.1) is 21.4 Å². The molecule has 10 heteroatoms. The predicted octanol–water partition coefficient (Wildman–Crippen LogP) is 1.16. The highest BCUT2D eigenvalue weighted by molar-refractivity contribution is 7.89. The third-order valence-corrected chi connectivity index (χ3v) is 5.26. The number of halogens is 1. The highest BCUT2D eigenvalue weighted by Crippen LogP contribution is 2.29. The number of benzene rings is 1. The maximum absolute atomic E-state index is 12.5. The Balaban J connectivity index is 2.42. The number of rotatable bonds is 3. The molecule has 0 saturated carbocycles. The number of nitrogens with zero attached hydrogens (tertiary/aromatic N) is 3. The molecular weight excluding hydrogens is 322 g/mol. The second-order valence-corrected chi connectivity index (χ2v) is 6.54. The molecule has 21 heavy (non-hydrogen) atoms. The summed E-state index contributed by atoms with van der Waals surface area (Å²) in [5, 5.41) is 19.5. The van der Waals surface area contributed by atoms with Crippen molar-refractivity contribution in [3.05, 3.63) is 33.3 Å². The average molecular weight is 332 g/mol. The number of nitriles is 1. The van der Waals surface area contributed by atoms with Gasteiger partial charge in [-0.05, 0) is 6.07 Å². The standard InChI is InChI=1S/C11H10ClN3O5S/c12-10-2-1-8(15(16)17)5-11(10)21(18,19)14-3-4-20-9(6-13)7-14/h1-2,5,9H,3-4,7H2. The third-order valence-electron chi connectivity index (χ3n) is 2.92. The molecule has 1 saturated heterocycles. The van der Waals surface area contributed by atoms with E-state index in [0.717, 1.165) is 22.5 Å². The summed E-state index contributed by atoms with van der Waals surface area (Å²) in [6.45, 7) is -0.0125. The Labute approximate surface area is 125 Å². The van der Waals surface area contributed by atoms with Crippen molar-refractivity contribution >= 4 is 27.3 Å². The molecular formula is C11H10ClN3O5S. The fourth-order valence-electron chi connectivity index (χ4n) is 1.86. The van der Waals surface area contributed by atoms with Crippen LogP contribution in [-0.4, -0.2) is 43.4 Å². The highest BCUT2D eigenvalue weighted by Gasteiger charge is 2.33. The summed E-state index contributed by atoms with van der Waals surface area (Å²) in [5.74, 6) is 0. The quantitative estimate of drug-likeness (QED) is 0.606. The van der Waals surface area contributed by atoms with Crippen LogP contribution in [0.4, 0.5) is 5.69 Å². The molecule has 8 nitrogen and oxygen atoms in total. The molecule has 1 aromatic rings. The van der Waals surface area contributed by atoms with Gasteiger partial charge in [-0.25, -0.2) is 8.42 Å². The monoisotopic (exact) mass is 331 g/mol. The van der Waals surface area contributed by atoms with Gasteiger partial charge in [-0.3, -0.25) is 10.1 Å². The van der Waals surface area contributed by atoms with Gasteiger partial charge in [-0.15, -0.1) is 0 Å². The highest BCUT2D eigenvalue weighted by atomic mass is 35.5. The van der Waals surface area contributed by atoms with Crippen LogP contribution >= 0.6 is 11.6 Å². The molecule has 1 aliphatic heterocycles. The number of hydrogen-bond acceptors (Lipinski definition) is 6. The van der Waals surface area contributed by atoms with Gasteiger partial charge in [0.2, 0.25) is 10.0 Å². The molecule has 1 aliphatic rings. The zero-order chi connectivity index (χ0) is 15.6. The Morgan fingerprint density at radius 1 is 1.52 bits per heavy atom. The van der Waals surface area contributed by atoms with Gasteiger partial charge in [0, 0.05) is 18.7 Å². The van der Waals surface area contributed by atoms with Gasteiger partial charge in [0.25, 0.3) is 5.69 Å². The number of morpholine rings is 1. The SMILES string of the molecule is N#CC1CN(S(=O)(=O)c2cc([N+](=O)[O-])ccc2Cl)CCO1. The van der Waals surface area contributed by atoms with E-state index in [1.54, 1.807) is 0 Å². The van der Waals surface area contributed by atoms with Gasteiger partial charge in [0.15, 0.2) is 6.10 Å².